The lowest BCUT2D eigenvalue weighted by Gasteiger charge is -2.60. The van der Waals surface area contributed by atoms with Crippen LogP contribution in [0.2, 0.25) is 0 Å². The van der Waals surface area contributed by atoms with Gasteiger partial charge in [0.2, 0.25) is 0 Å². The summed E-state index contributed by atoms with van der Waals surface area (Å²) in [5.41, 5.74) is -1.45. The predicted molar refractivity (Wildman–Crippen MR) is 137 cm³/mol. The highest BCUT2D eigenvalue weighted by Gasteiger charge is 2.61. The number of rotatable bonds is 7. The van der Waals surface area contributed by atoms with E-state index in [1.807, 2.05) is 6.92 Å². The van der Waals surface area contributed by atoms with Gasteiger partial charge < -0.3 is 39.4 Å². The second-order valence-corrected chi connectivity index (χ2v) is 12.1. The first-order chi connectivity index (χ1) is 17.6. The zero-order chi connectivity index (χ0) is 28.6. The number of allylic oxidation sites excluding steroid dienone is 1. The second-order valence-electron chi connectivity index (χ2n) is 12.1. The lowest BCUT2D eigenvalue weighted by molar-refractivity contribution is -0.339. The van der Waals surface area contributed by atoms with Crippen molar-refractivity contribution < 1.29 is 49.0 Å². The van der Waals surface area contributed by atoms with Gasteiger partial charge in [0, 0.05) is 23.8 Å². The molecule has 4 N–H and O–H groups in total. The molecule has 0 bridgehead atoms. The molecule has 3 aliphatic rings. The molecule has 1 saturated heterocycles. The Labute approximate surface area is 225 Å². The Morgan fingerprint density at radius 1 is 1.05 bits per heavy atom. The third-order valence-electron chi connectivity index (χ3n) is 9.07. The first-order valence-electron chi connectivity index (χ1n) is 13.7. The van der Waals surface area contributed by atoms with Crippen molar-refractivity contribution in [1.82, 2.24) is 0 Å². The SMILES string of the molecule is C/C=C(/C)C(=O)O[C@H]1[C@H](O)[C@@H](O)[C@H](O[C@@H]2[C@H](C(C)C)CC[C@]3(C)[C@@H](O)CC[C@](C)(O)[C@@H]23)O[C@@H]1COC(C)=O. The van der Waals surface area contributed by atoms with Crippen molar-refractivity contribution in [2.75, 3.05) is 6.61 Å². The number of carbonyl (C=O) groups excluding carboxylic acids is 2. The minimum absolute atomic E-state index is 0.0161. The quantitative estimate of drug-likeness (QED) is 0.277. The zero-order valence-corrected chi connectivity index (χ0v) is 23.6. The van der Waals surface area contributed by atoms with Gasteiger partial charge in [-0.15, -0.1) is 0 Å². The van der Waals surface area contributed by atoms with Gasteiger partial charge in [0.25, 0.3) is 0 Å². The molecule has 3 rings (SSSR count). The first-order valence-corrected chi connectivity index (χ1v) is 13.7. The maximum absolute atomic E-state index is 12.5. The third-order valence-corrected chi connectivity index (χ3v) is 9.07. The molecule has 0 aromatic carbocycles. The fourth-order valence-electron chi connectivity index (χ4n) is 6.65. The molecule has 11 atom stereocenters. The number of aliphatic hydroxyl groups is 4. The van der Waals surface area contributed by atoms with E-state index < -0.39 is 71.8 Å². The molecule has 2 saturated carbocycles. The molecule has 0 radical (unpaired) electrons. The Bertz CT molecular complexity index is 885. The highest BCUT2D eigenvalue weighted by atomic mass is 16.7. The van der Waals surface area contributed by atoms with Crippen LogP contribution in [0.25, 0.3) is 0 Å². The average molecular weight is 543 g/mol. The fourth-order valence-corrected chi connectivity index (χ4v) is 6.65. The van der Waals surface area contributed by atoms with Crippen LogP contribution in [0.5, 0.6) is 0 Å². The molecule has 0 aromatic heterocycles. The van der Waals surface area contributed by atoms with Gasteiger partial charge in [0.1, 0.15) is 24.9 Å². The summed E-state index contributed by atoms with van der Waals surface area (Å²) in [7, 11) is 0. The summed E-state index contributed by atoms with van der Waals surface area (Å²) in [6.07, 6.45) is -4.31. The normalized spacial score (nSPS) is 43.9. The van der Waals surface area contributed by atoms with E-state index in [1.54, 1.807) is 26.8 Å². The zero-order valence-electron chi connectivity index (χ0n) is 23.6. The third kappa shape index (κ3) is 6.10. The molecular weight excluding hydrogens is 496 g/mol. The molecule has 10 nitrogen and oxygen atoms in total. The van der Waals surface area contributed by atoms with Gasteiger partial charge >= 0.3 is 11.9 Å². The largest absolute Gasteiger partial charge is 0.463 e. The molecule has 3 fully saturated rings. The van der Waals surface area contributed by atoms with Crippen molar-refractivity contribution in [1.29, 1.82) is 0 Å². The summed E-state index contributed by atoms with van der Waals surface area (Å²) in [4.78, 5) is 24.0. The van der Waals surface area contributed by atoms with E-state index in [2.05, 4.69) is 13.8 Å². The topological polar surface area (TPSA) is 152 Å². The molecule has 218 valence electrons. The van der Waals surface area contributed by atoms with Crippen LogP contribution in [-0.4, -0.2) is 87.5 Å². The number of hydrogen-bond acceptors (Lipinski definition) is 10. The second kappa shape index (κ2) is 11.9. The van der Waals surface area contributed by atoms with Crippen molar-refractivity contribution in [3.05, 3.63) is 11.6 Å². The number of hydrogen-bond donors (Lipinski definition) is 4. The standard InChI is InChI=1S/C28H46O10/c1-8-15(4)25(33)37-23-18(13-35-16(5)29)36-26(21(32)20(23)31)38-22-17(14(2)3)9-11-27(6)19(30)10-12-28(7,34)24(22)27/h8,14,17-24,26,30-32,34H,9-13H2,1-7H3/b15-8-/t17-,18+,19-,20+,21+,22+,23+,24-,26-,27+,28-/m0/s1. The summed E-state index contributed by atoms with van der Waals surface area (Å²) in [6.45, 7) is 12.0. The lowest BCUT2D eigenvalue weighted by Crippen LogP contribution is -2.66. The van der Waals surface area contributed by atoms with E-state index >= 15 is 0 Å². The minimum atomic E-state index is -1.59. The van der Waals surface area contributed by atoms with Crippen LogP contribution in [0.15, 0.2) is 11.6 Å². The molecule has 0 aromatic rings. The van der Waals surface area contributed by atoms with Crippen LogP contribution in [-0.2, 0) is 28.5 Å². The van der Waals surface area contributed by atoms with Gasteiger partial charge in [0.15, 0.2) is 12.4 Å². The predicted octanol–water partition coefficient (Wildman–Crippen LogP) is 1.85. The van der Waals surface area contributed by atoms with E-state index in [9.17, 15) is 30.0 Å². The Morgan fingerprint density at radius 3 is 2.29 bits per heavy atom. The van der Waals surface area contributed by atoms with E-state index in [4.69, 9.17) is 18.9 Å². The molecule has 10 heteroatoms. The highest BCUT2D eigenvalue weighted by Crippen LogP contribution is 2.57. The van der Waals surface area contributed by atoms with Crippen LogP contribution >= 0.6 is 0 Å². The van der Waals surface area contributed by atoms with E-state index in [-0.39, 0.29) is 18.4 Å². The van der Waals surface area contributed by atoms with Gasteiger partial charge in [-0.25, -0.2) is 4.79 Å². The van der Waals surface area contributed by atoms with E-state index in [0.717, 1.165) is 6.42 Å². The van der Waals surface area contributed by atoms with Crippen LogP contribution in [0, 0.1) is 23.2 Å². The van der Waals surface area contributed by atoms with Gasteiger partial charge in [-0.05, 0) is 58.3 Å². The molecule has 0 spiro atoms. The fraction of sp³-hybridized carbons (Fsp3) is 0.857. The van der Waals surface area contributed by atoms with Gasteiger partial charge in [-0.2, -0.15) is 0 Å². The van der Waals surface area contributed by atoms with Gasteiger partial charge in [-0.1, -0.05) is 26.8 Å². The van der Waals surface area contributed by atoms with Crippen LogP contribution in [0.4, 0.5) is 0 Å². The Balaban J connectivity index is 1.93. The minimum Gasteiger partial charge on any atom is -0.463 e. The number of carbonyl (C=O) groups is 2. The summed E-state index contributed by atoms with van der Waals surface area (Å²) < 4.78 is 23.1. The average Bonchev–Trinajstić information content (AvgIpc) is 2.84. The summed E-state index contributed by atoms with van der Waals surface area (Å²) in [5.74, 6) is -1.60. The molecular formula is C28H46O10. The molecule has 38 heavy (non-hydrogen) atoms. The smallest absolute Gasteiger partial charge is 0.333 e. The summed E-state index contributed by atoms with van der Waals surface area (Å²) >= 11 is 0. The maximum Gasteiger partial charge on any atom is 0.333 e. The Hall–Kier alpha value is -1.56. The summed E-state index contributed by atoms with van der Waals surface area (Å²) in [5, 5.41) is 44.6. The molecule has 0 amide bonds. The van der Waals surface area contributed by atoms with E-state index in [1.165, 1.54) is 6.92 Å². The van der Waals surface area contributed by atoms with Crippen molar-refractivity contribution >= 4 is 11.9 Å². The van der Waals surface area contributed by atoms with Crippen molar-refractivity contribution in [2.24, 2.45) is 23.2 Å². The molecule has 1 aliphatic heterocycles. The first kappa shape index (κ1) is 31.0. The highest BCUT2D eigenvalue weighted by molar-refractivity contribution is 5.87. The summed E-state index contributed by atoms with van der Waals surface area (Å²) in [6, 6.07) is 0. The monoisotopic (exact) mass is 542 g/mol. The van der Waals surface area contributed by atoms with Crippen LogP contribution in [0.3, 0.4) is 0 Å². The van der Waals surface area contributed by atoms with Crippen molar-refractivity contribution in [3.63, 3.8) is 0 Å². The lowest BCUT2D eigenvalue weighted by atomic mass is 9.50. The number of fused-ring (bicyclic) bond motifs is 1. The van der Waals surface area contributed by atoms with Crippen LogP contribution < -0.4 is 0 Å². The Morgan fingerprint density at radius 2 is 1.71 bits per heavy atom. The van der Waals surface area contributed by atoms with Crippen LogP contribution in [0.1, 0.15) is 74.1 Å². The molecule has 1 heterocycles. The number of ether oxygens (including phenoxy) is 4. The van der Waals surface area contributed by atoms with Gasteiger partial charge in [0.05, 0.1) is 17.8 Å². The van der Waals surface area contributed by atoms with Crippen molar-refractivity contribution in [3.8, 4) is 0 Å². The van der Waals surface area contributed by atoms with Crippen molar-refractivity contribution in [2.45, 2.75) is 123 Å². The number of aliphatic hydroxyl groups excluding tert-OH is 3. The van der Waals surface area contributed by atoms with E-state index in [0.29, 0.717) is 24.8 Å². The van der Waals surface area contributed by atoms with Gasteiger partial charge in [-0.3, -0.25) is 4.79 Å². The number of esters is 2. The maximum atomic E-state index is 12.5. The Kier molecular flexibility index (Phi) is 9.70. The molecule has 0 unspecified atom stereocenters. The molecule has 2 aliphatic carbocycles.